The van der Waals surface area contributed by atoms with Crippen molar-refractivity contribution in [1.29, 1.82) is 0 Å². The first-order valence-electron chi connectivity index (χ1n) is 6.83. The van der Waals surface area contributed by atoms with Crippen LogP contribution in [0.1, 0.15) is 24.1 Å². The summed E-state index contributed by atoms with van der Waals surface area (Å²) in [5.41, 5.74) is 8.01. The highest BCUT2D eigenvalue weighted by atomic mass is 15.2. The molecule has 4 nitrogen and oxygen atoms in total. The molecule has 1 aliphatic heterocycles. The van der Waals surface area contributed by atoms with Crippen LogP contribution >= 0.6 is 0 Å². The van der Waals surface area contributed by atoms with Gasteiger partial charge in [-0.1, -0.05) is 6.07 Å². The third-order valence-corrected chi connectivity index (χ3v) is 3.62. The number of pyridine rings is 1. The first-order valence-corrected chi connectivity index (χ1v) is 6.83. The maximum atomic E-state index is 5.73. The monoisotopic (exact) mass is 248 g/mol. The largest absolute Gasteiger partial charge is 0.326 e. The molecule has 18 heavy (non-hydrogen) atoms. The van der Waals surface area contributed by atoms with Crippen LogP contribution in [0.3, 0.4) is 0 Å². The minimum absolute atomic E-state index is 0.573. The van der Waals surface area contributed by atoms with Crippen molar-refractivity contribution >= 4 is 0 Å². The van der Waals surface area contributed by atoms with Gasteiger partial charge in [0.15, 0.2) is 0 Å². The molecule has 0 spiro atoms. The fourth-order valence-corrected chi connectivity index (χ4v) is 2.45. The molecule has 0 amide bonds. The van der Waals surface area contributed by atoms with E-state index >= 15 is 0 Å². The summed E-state index contributed by atoms with van der Waals surface area (Å²) in [6.45, 7) is 6.27. The minimum Gasteiger partial charge on any atom is -0.326 e. The third kappa shape index (κ3) is 3.77. The van der Waals surface area contributed by atoms with E-state index in [1.807, 2.05) is 12.3 Å². The highest BCUT2D eigenvalue weighted by molar-refractivity contribution is 5.19. The Labute approximate surface area is 110 Å². The van der Waals surface area contributed by atoms with Gasteiger partial charge < -0.3 is 10.6 Å². The summed E-state index contributed by atoms with van der Waals surface area (Å²) >= 11 is 0. The van der Waals surface area contributed by atoms with E-state index in [2.05, 4.69) is 27.9 Å². The number of likely N-dealkylation sites (N-methyl/N-ethyl adjacent to an activating group) is 1. The SMILES string of the molecule is CN(CCN1CCCC1)Cc1ncccc1CN. The Balaban J connectivity index is 1.80. The van der Waals surface area contributed by atoms with E-state index in [0.717, 1.165) is 24.3 Å². The molecule has 0 radical (unpaired) electrons. The molecule has 0 aliphatic carbocycles. The van der Waals surface area contributed by atoms with Crippen molar-refractivity contribution in [2.75, 3.05) is 33.2 Å². The summed E-state index contributed by atoms with van der Waals surface area (Å²) < 4.78 is 0. The van der Waals surface area contributed by atoms with Gasteiger partial charge in [0.05, 0.1) is 5.69 Å². The third-order valence-electron chi connectivity index (χ3n) is 3.62. The summed E-state index contributed by atoms with van der Waals surface area (Å²) in [4.78, 5) is 9.31. The second-order valence-corrected chi connectivity index (χ2v) is 5.10. The highest BCUT2D eigenvalue weighted by Gasteiger charge is 2.12. The summed E-state index contributed by atoms with van der Waals surface area (Å²) in [6.07, 6.45) is 4.57. The Kier molecular flexibility index (Phi) is 5.11. The number of hydrogen-bond acceptors (Lipinski definition) is 4. The summed E-state index contributed by atoms with van der Waals surface area (Å²) in [6, 6.07) is 4.02. The zero-order valence-corrected chi connectivity index (χ0v) is 11.3. The number of hydrogen-bond donors (Lipinski definition) is 1. The van der Waals surface area contributed by atoms with Gasteiger partial charge in [-0.25, -0.2) is 0 Å². The number of rotatable bonds is 6. The standard InChI is InChI=1S/C14H24N4/c1-17(9-10-18-7-2-3-8-18)12-14-13(11-15)5-4-6-16-14/h4-6H,2-3,7-12,15H2,1H3. The lowest BCUT2D eigenvalue weighted by atomic mass is 10.2. The Bertz CT molecular complexity index is 361. The predicted molar refractivity (Wildman–Crippen MR) is 74.1 cm³/mol. The van der Waals surface area contributed by atoms with E-state index in [9.17, 15) is 0 Å². The van der Waals surface area contributed by atoms with E-state index < -0.39 is 0 Å². The average molecular weight is 248 g/mol. The van der Waals surface area contributed by atoms with Crippen molar-refractivity contribution in [3.05, 3.63) is 29.6 Å². The van der Waals surface area contributed by atoms with Gasteiger partial charge in [0.1, 0.15) is 0 Å². The van der Waals surface area contributed by atoms with Crippen molar-refractivity contribution in [2.45, 2.75) is 25.9 Å². The van der Waals surface area contributed by atoms with Gasteiger partial charge in [-0.3, -0.25) is 9.88 Å². The Morgan fingerprint density at radius 2 is 2.17 bits per heavy atom. The molecule has 0 saturated carbocycles. The Morgan fingerprint density at radius 3 is 2.89 bits per heavy atom. The van der Waals surface area contributed by atoms with Gasteiger partial charge in [0.2, 0.25) is 0 Å². The molecule has 2 heterocycles. The first-order chi connectivity index (χ1) is 8.79. The van der Waals surface area contributed by atoms with Crippen LogP contribution in [0.25, 0.3) is 0 Å². The van der Waals surface area contributed by atoms with Crippen LogP contribution in [0.2, 0.25) is 0 Å². The Hall–Kier alpha value is -0.970. The van der Waals surface area contributed by atoms with Crippen LogP contribution in [-0.4, -0.2) is 48.0 Å². The first kappa shape index (κ1) is 13.5. The summed E-state index contributed by atoms with van der Waals surface area (Å²) in [7, 11) is 2.16. The maximum absolute atomic E-state index is 5.73. The molecule has 1 aromatic rings. The highest BCUT2D eigenvalue weighted by Crippen LogP contribution is 2.09. The molecule has 1 saturated heterocycles. The number of nitrogens with two attached hydrogens (primary N) is 1. The van der Waals surface area contributed by atoms with Crippen molar-refractivity contribution < 1.29 is 0 Å². The maximum Gasteiger partial charge on any atom is 0.0588 e. The summed E-state index contributed by atoms with van der Waals surface area (Å²) in [5, 5.41) is 0. The zero-order chi connectivity index (χ0) is 12.8. The lowest BCUT2D eigenvalue weighted by molar-refractivity contribution is 0.250. The molecule has 4 heteroatoms. The van der Waals surface area contributed by atoms with Gasteiger partial charge in [-0.2, -0.15) is 0 Å². The second-order valence-electron chi connectivity index (χ2n) is 5.10. The number of likely N-dealkylation sites (tertiary alicyclic amines) is 1. The quantitative estimate of drug-likeness (QED) is 0.818. The lowest BCUT2D eigenvalue weighted by Gasteiger charge is -2.21. The van der Waals surface area contributed by atoms with Crippen molar-refractivity contribution in [3.8, 4) is 0 Å². The molecule has 0 unspecified atom stereocenters. The van der Waals surface area contributed by atoms with Gasteiger partial charge in [-0.05, 0) is 44.6 Å². The molecular weight excluding hydrogens is 224 g/mol. The fourth-order valence-electron chi connectivity index (χ4n) is 2.45. The molecule has 1 fully saturated rings. The smallest absolute Gasteiger partial charge is 0.0588 e. The second kappa shape index (κ2) is 6.83. The summed E-state index contributed by atoms with van der Waals surface area (Å²) in [5.74, 6) is 0. The van der Waals surface area contributed by atoms with E-state index in [1.165, 1.54) is 32.5 Å². The normalized spacial score (nSPS) is 16.6. The van der Waals surface area contributed by atoms with Gasteiger partial charge in [-0.15, -0.1) is 0 Å². The minimum atomic E-state index is 0.573. The fraction of sp³-hybridized carbons (Fsp3) is 0.643. The number of nitrogens with zero attached hydrogens (tertiary/aromatic N) is 3. The van der Waals surface area contributed by atoms with Crippen molar-refractivity contribution in [2.24, 2.45) is 5.73 Å². The van der Waals surface area contributed by atoms with Crippen LogP contribution in [0.5, 0.6) is 0 Å². The molecular formula is C14H24N4. The molecule has 0 atom stereocenters. The van der Waals surface area contributed by atoms with Crippen LogP contribution in [0.15, 0.2) is 18.3 Å². The zero-order valence-electron chi connectivity index (χ0n) is 11.3. The topological polar surface area (TPSA) is 45.4 Å². The molecule has 2 rings (SSSR count). The van der Waals surface area contributed by atoms with E-state index in [1.54, 1.807) is 0 Å². The van der Waals surface area contributed by atoms with Crippen molar-refractivity contribution in [3.63, 3.8) is 0 Å². The van der Waals surface area contributed by atoms with E-state index in [0.29, 0.717) is 6.54 Å². The number of aromatic nitrogens is 1. The Morgan fingerprint density at radius 1 is 1.39 bits per heavy atom. The van der Waals surface area contributed by atoms with Crippen molar-refractivity contribution in [1.82, 2.24) is 14.8 Å². The molecule has 0 aromatic carbocycles. The molecule has 100 valence electrons. The lowest BCUT2D eigenvalue weighted by Crippen LogP contribution is -2.31. The van der Waals surface area contributed by atoms with Crippen LogP contribution in [0, 0.1) is 0 Å². The van der Waals surface area contributed by atoms with Crippen LogP contribution in [0.4, 0.5) is 0 Å². The molecule has 1 aliphatic rings. The van der Waals surface area contributed by atoms with Gasteiger partial charge in [0.25, 0.3) is 0 Å². The predicted octanol–water partition coefficient (Wildman–Crippen LogP) is 1.07. The van der Waals surface area contributed by atoms with E-state index in [4.69, 9.17) is 5.73 Å². The van der Waals surface area contributed by atoms with Gasteiger partial charge in [0, 0.05) is 32.4 Å². The van der Waals surface area contributed by atoms with Crippen LogP contribution in [-0.2, 0) is 13.1 Å². The molecule has 1 aromatic heterocycles. The van der Waals surface area contributed by atoms with E-state index in [-0.39, 0.29) is 0 Å². The molecule has 2 N–H and O–H groups in total. The molecule has 0 bridgehead atoms. The average Bonchev–Trinajstić information content (AvgIpc) is 2.90. The van der Waals surface area contributed by atoms with Gasteiger partial charge >= 0.3 is 0 Å². The van der Waals surface area contributed by atoms with Crippen LogP contribution < -0.4 is 5.73 Å².